The molecule has 0 fully saturated rings. The molecule has 2 N–H and O–H groups in total. The normalized spacial score (nSPS) is 10.6. The van der Waals surface area contributed by atoms with E-state index in [-0.39, 0.29) is 18.1 Å². The molecule has 0 aliphatic carbocycles. The van der Waals surface area contributed by atoms with Crippen molar-refractivity contribution in [3.8, 4) is 0 Å². The van der Waals surface area contributed by atoms with Crippen LogP contribution in [-0.4, -0.2) is 23.6 Å². The highest BCUT2D eigenvalue weighted by Crippen LogP contribution is 2.24. The predicted octanol–water partition coefficient (Wildman–Crippen LogP) is 3.46. The molecule has 124 valence electrons. The zero-order valence-electron chi connectivity index (χ0n) is 12.2. The van der Waals surface area contributed by atoms with Crippen molar-refractivity contribution in [2.45, 2.75) is 0 Å². The first-order valence-corrected chi connectivity index (χ1v) is 7.46. The van der Waals surface area contributed by atoms with Gasteiger partial charge in [-0.1, -0.05) is 23.2 Å². The van der Waals surface area contributed by atoms with Crippen LogP contribution in [0.1, 0.15) is 5.56 Å². The van der Waals surface area contributed by atoms with Gasteiger partial charge in [0.1, 0.15) is 0 Å². The number of benzene rings is 2. The molecular formula is C15H12Cl2N4O3. The van der Waals surface area contributed by atoms with Crippen LogP contribution in [0.25, 0.3) is 0 Å². The minimum Gasteiger partial charge on any atom is -0.376 e. The summed E-state index contributed by atoms with van der Waals surface area (Å²) in [5.74, 6) is -0.362. The van der Waals surface area contributed by atoms with Crippen LogP contribution in [0.3, 0.4) is 0 Å². The highest BCUT2D eigenvalue weighted by Gasteiger charge is 2.04. The number of nitrogens with one attached hydrogen (secondary N) is 2. The molecule has 9 heteroatoms. The van der Waals surface area contributed by atoms with Gasteiger partial charge in [0.05, 0.1) is 27.7 Å². The Labute approximate surface area is 147 Å². The van der Waals surface area contributed by atoms with Crippen molar-refractivity contribution in [1.82, 2.24) is 5.43 Å². The number of halogens is 2. The van der Waals surface area contributed by atoms with Gasteiger partial charge in [-0.2, -0.15) is 5.10 Å². The summed E-state index contributed by atoms with van der Waals surface area (Å²) < 4.78 is 0. The maximum absolute atomic E-state index is 11.7. The minimum atomic E-state index is -0.489. The van der Waals surface area contributed by atoms with Crippen LogP contribution in [-0.2, 0) is 4.79 Å². The number of amides is 1. The van der Waals surface area contributed by atoms with Crippen molar-refractivity contribution in [3.63, 3.8) is 0 Å². The lowest BCUT2D eigenvalue weighted by atomic mass is 10.2. The smallest absolute Gasteiger partial charge is 0.269 e. The summed E-state index contributed by atoms with van der Waals surface area (Å²) in [7, 11) is 0. The molecule has 0 aromatic heterocycles. The molecule has 2 rings (SSSR count). The number of nitrogens with zero attached hydrogens (tertiary/aromatic N) is 2. The third-order valence-electron chi connectivity index (χ3n) is 2.88. The zero-order valence-corrected chi connectivity index (χ0v) is 13.7. The number of carbonyl (C=O) groups excluding carboxylic acids is 1. The number of nitro benzene ring substituents is 1. The van der Waals surface area contributed by atoms with Crippen LogP contribution >= 0.6 is 23.2 Å². The molecular weight excluding hydrogens is 355 g/mol. The summed E-state index contributed by atoms with van der Waals surface area (Å²) in [6.45, 7) is -0.00440. The topological polar surface area (TPSA) is 96.6 Å². The minimum absolute atomic E-state index is 0.00440. The Kier molecular flexibility index (Phi) is 6.11. The monoisotopic (exact) mass is 366 g/mol. The van der Waals surface area contributed by atoms with E-state index in [1.807, 2.05) is 0 Å². The first kappa shape index (κ1) is 17.7. The number of non-ortho nitro benzene ring substituents is 1. The van der Waals surface area contributed by atoms with Crippen molar-refractivity contribution < 1.29 is 9.72 Å². The van der Waals surface area contributed by atoms with Gasteiger partial charge in [-0.25, -0.2) is 5.43 Å². The van der Waals surface area contributed by atoms with Crippen molar-refractivity contribution in [2.24, 2.45) is 5.10 Å². The maximum atomic E-state index is 11.7. The van der Waals surface area contributed by atoms with E-state index in [1.165, 1.54) is 30.5 Å². The second kappa shape index (κ2) is 8.28. The van der Waals surface area contributed by atoms with Crippen LogP contribution in [0.4, 0.5) is 11.4 Å². The third-order valence-corrected chi connectivity index (χ3v) is 3.62. The molecule has 0 spiro atoms. The second-order valence-corrected chi connectivity index (χ2v) is 5.44. The van der Waals surface area contributed by atoms with Crippen molar-refractivity contribution in [1.29, 1.82) is 0 Å². The lowest BCUT2D eigenvalue weighted by molar-refractivity contribution is -0.384. The number of hydrazone groups is 1. The van der Waals surface area contributed by atoms with Gasteiger partial charge in [0.25, 0.3) is 11.6 Å². The molecule has 24 heavy (non-hydrogen) atoms. The molecule has 0 atom stereocenters. The van der Waals surface area contributed by atoms with Gasteiger partial charge in [-0.3, -0.25) is 14.9 Å². The van der Waals surface area contributed by atoms with Crippen molar-refractivity contribution in [3.05, 3.63) is 68.2 Å². The standard InChI is InChI=1S/C15H12Cl2N4O3/c16-13-6-3-11(7-14(13)17)18-9-15(22)20-19-8-10-1-4-12(5-2-10)21(23)24/h1-8,18H,9H2,(H,20,22)/b19-8-. The van der Waals surface area contributed by atoms with Gasteiger partial charge in [-0.15, -0.1) is 0 Å². The van der Waals surface area contributed by atoms with E-state index in [4.69, 9.17) is 23.2 Å². The molecule has 2 aromatic carbocycles. The molecule has 2 aromatic rings. The van der Waals surface area contributed by atoms with Crippen LogP contribution < -0.4 is 10.7 Å². The fourth-order valence-corrected chi connectivity index (χ4v) is 1.99. The average Bonchev–Trinajstić information content (AvgIpc) is 2.56. The highest BCUT2D eigenvalue weighted by molar-refractivity contribution is 6.42. The predicted molar refractivity (Wildman–Crippen MR) is 93.8 cm³/mol. The van der Waals surface area contributed by atoms with Gasteiger partial charge < -0.3 is 5.32 Å². The van der Waals surface area contributed by atoms with Crippen molar-refractivity contribution in [2.75, 3.05) is 11.9 Å². The fourth-order valence-electron chi connectivity index (χ4n) is 1.69. The number of hydrogen-bond acceptors (Lipinski definition) is 5. The summed E-state index contributed by atoms with van der Waals surface area (Å²) in [5, 5.41) is 18.0. The Balaban J connectivity index is 1.81. The van der Waals surface area contributed by atoms with Gasteiger partial charge in [0, 0.05) is 17.8 Å². The molecule has 0 aliphatic rings. The van der Waals surface area contributed by atoms with Gasteiger partial charge in [-0.05, 0) is 35.9 Å². The zero-order chi connectivity index (χ0) is 17.5. The maximum Gasteiger partial charge on any atom is 0.269 e. The first-order chi connectivity index (χ1) is 11.5. The van der Waals surface area contributed by atoms with Crippen LogP contribution in [0, 0.1) is 10.1 Å². The van der Waals surface area contributed by atoms with E-state index in [2.05, 4.69) is 15.8 Å². The Morgan fingerprint density at radius 1 is 1.17 bits per heavy atom. The van der Waals surface area contributed by atoms with Gasteiger partial charge in [0.2, 0.25) is 0 Å². The van der Waals surface area contributed by atoms with Gasteiger partial charge in [0.15, 0.2) is 0 Å². The second-order valence-electron chi connectivity index (χ2n) is 4.62. The third kappa shape index (κ3) is 5.22. The molecule has 0 heterocycles. The number of hydrogen-bond donors (Lipinski definition) is 2. The van der Waals surface area contributed by atoms with E-state index in [0.717, 1.165) is 0 Å². The first-order valence-electron chi connectivity index (χ1n) is 6.71. The Morgan fingerprint density at radius 3 is 2.50 bits per heavy atom. The molecule has 0 saturated carbocycles. The van der Waals surface area contributed by atoms with E-state index < -0.39 is 4.92 Å². The lowest BCUT2D eigenvalue weighted by Crippen LogP contribution is -2.25. The van der Waals surface area contributed by atoms with Crippen LogP contribution in [0.15, 0.2) is 47.6 Å². The summed E-state index contributed by atoms with van der Waals surface area (Å²) in [6, 6.07) is 10.7. The van der Waals surface area contributed by atoms with E-state index in [9.17, 15) is 14.9 Å². The van der Waals surface area contributed by atoms with E-state index >= 15 is 0 Å². The number of rotatable bonds is 6. The number of carbonyl (C=O) groups is 1. The number of nitro groups is 1. The van der Waals surface area contributed by atoms with Gasteiger partial charge >= 0.3 is 0 Å². The molecule has 7 nitrogen and oxygen atoms in total. The highest BCUT2D eigenvalue weighted by atomic mass is 35.5. The van der Waals surface area contributed by atoms with Crippen LogP contribution in [0.2, 0.25) is 10.0 Å². The summed E-state index contributed by atoms with van der Waals surface area (Å²) >= 11 is 11.7. The summed E-state index contributed by atoms with van der Waals surface area (Å²) in [5.41, 5.74) is 3.60. The van der Waals surface area contributed by atoms with E-state index in [1.54, 1.807) is 18.2 Å². The molecule has 0 unspecified atom stereocenters. The fraction of sp³-hybridized carbons (Fsp3) is 0.0667. The van der Waals surface area contributed by atoms with E-state index in [0.29, 0.717) is 21.3 Å². The summed E-state index contributed by atoms with van der Waals surface area (Å²) in [6.07, 6.45) is 1.39. The Morgan fingerprint density at radius 2 is 1.88 bits per heavy atom. The van der Waals surface area contributed by atoms with Crippen LogP contribution in [0.5, 0.6) is 0 Å². The molecule has 0 radical (unpaired) electrons. The van der Waals surface area contributed by atoms with Crippen molar-refractivity contribution >= 4 is 46.7 Å². The molecule has 0 bridgehead atoms. The Hall–Kier alpha value is -2.64. The lowest BCUT2D eigenvalue weighted by Gasteiger charge is -2.06. The molecule has 0 saturated heterocycles. The quantitative estimate of drug-likeness (QED) is 0.464. The molecule has 0 aliphatic heterocycles. The average molecular weight is 367 g/mol. The summed E-state index contributed by atoms with van der Waals surface area (Å²) in [4.78, 5) is 21.7. The molecule has 1 amide bonds. The largest absolute Gasteiger partial charge is 0.376 e. The SMILES string of the molecule is O=C(CNc1ccc(Cl)c(Cl)c1)N/N=C\c1ccc([N+](=O)[O-])cc1. The Bertz CT molecular complexity index is 779. The number of anilines is 1.